The van der Waals surface area contributed by atoms with Gasteiger partial charge in [0.2, 0.25) is 0 Å². The number of nitrogens with zero attached hydrogens (tertiary/aromatic N) is 1. The maximum Gasteiger partial charge on any atom is 0.409 e. The van der Waals surface area contributed by atoms with Crippen molar-refractivity contribution in [2.45, 2.75) is 26.7 Å². The van der Waals surface area contributed by atoms with Gasteiger partial charge in [0.25, 0.3) is 0 Å². The highest BCUT2D eigenvalue weighted by Crippen LogP contribution is 2.39. The van der Waals surface area contributed by atoms with Crippen molar-refractivity contribution in [3.8, 4) is 28.7 Å². The van der Waals surface area contributed by atoms with E-state index < -0.39 is 0 Å². The number of amides is 1. The van der Waals surface area contributed by atoms with Crippen LogP contribution in [0.4, 0.5) is 4.79 Å². The number of benzene rings is 3. The monoisotopic (exact) mass is 463 g/mol. The van der Waals surface area contributed by atoms with E-state index in [-0.39, 0.29) is 12.0 Å². The van der Waals surface area contributed by atoms with Crippen molar-refractivity contribution >= 4 is 6.09 Å². The lowest BCUT2D eigenvalue weighted by atomic mass is 9.90. The summed E-state index contributed by atoms with van der Waals surface area (Å²) in [5.41, 5.74) is 1.10. The van der Waals surface area contributed by atoms with Crippen LogP contribution in [0, 0.1) is 5.92 Å². The molecule has 180 valence electrons. The Labute approximate surface area is 202 Å². The molecule has 3 aromatic rings. The van der Waals surface area contributed by atoms with Crippen molar-refractivity contribution in [2.24, 2.45) is 5.92 Å². The molecule has 4 rings (SSSR count). The minimum absolute atomic E-state index is 0.198. The summed E-state index contributed by atoms with van der Waals surface area (Å²) in [6, 6.07) is 23.0. The van der Waals surface area contributed by atoms with Crippen LogP contribution in [0.1, 0.15) is 32.3 Å². The minimum atomic E-state index is -0.290. The van der Waals surface area contributed by atoms with Gasteiger partial charge in [-0.3, -0.25) is 0 Å². The number of para-hydroxylation sites is 1. The van der Waals surface area contributed by atoms with Crippen molar-refractivity contribution in [1.82, 2.24) is 4.90 Å². The highest BCUT2D eigenvalue weighted by Gasteiger charge is 2.34. The first-order valence-corrected chi connectivity index (χ1v) is 11.6. The van der Waals surface area contributed by atoms with Crippen molar-refractivity contribution in [3.05, 3.63) is 78.4 Å². The lowest BCUT2D eigenvalue weighted by molar-refractivity contribution is 0.131. The van der Waals surface area contributed by atoms with Crippen molar-refractivity contribution in [1.29, 1.82) is 0 Å². The Kier molecular flexibility index (Phi) is 8.79. The summed E-state index contributed by atoms with van der Waals surface area (Å²) < 4.78 is 22.4. The van der Waals surface area contributed by atoms with Gasteiger partial charge >= 0.3 is 6.09 Å². The van der Waals surface area contributed by atoms with Crippen LogP contribution in [0.2, 0.25) is 0 Å². The molecular weight excluding hydrogens is 430 g/mol. The van der Waals surface area contributed by atoms with Crippen LogP contribution in [0.15, 0.2) is 72.8 Å². The van der Waals surface area contributed by atoms with Crippen LogP contribution in [0.25, 0.3) is 0 Å². The Balaban J connectivity index is 0.00000158. The van der Waals surface area contributed by atoms with Gasteiger partial charge in [0, 0.05) is 19.0 Å². The fourth-order valence-corrected chi connectivity index (χ4v) is 4.01. The van der Waals surface area contributed by atoms with Crippen molar-refractivity contribution in [3.63, 3.8) is 0 Å². The van der Waals surface area contributed by atoms with E-state index >= 15 is 0 Å². The van der Waals surface area contributed by atoms with Gasteiger partial charge in [-0.05, 0) is 60.0 Å². The van der Waals surface area contributed by atoms with Gasteiger partial charge in [-0.1, -0.05) is 45.0 Å². The molecule has 0 saturated carbocycles. The molecule has 1 aliphatic rings. The number of hydrogen-bond acceptors (Lipinski definition) is 5. The number of methoxy groups -OCH3 is 2. The molecule has 34 heavy (non-hydrogen) atoms. The predicted octanol–water partition coefficient (Wildman–Crippen LogP) is 7.11. The maximum absolute atomic E-state index is 11.9. The van der Waals surface area contributed by atoms with Gasteiger partial charge in [-0.2, -0.15) is 0 Å². The third kappa shape index (κ3) is 6.01. The molecule has 0 aromatic heterocycles. The number of likely N-dealkylation sites (tertiary alicyclic amines) is 1. The molecule has 1 heterocycles. The third-order valence-electron chi connectivity index (χ3n) is 5.69. The second-order valence-electron chi connectivity index (χ2n) is 7.86. The van der Waals surface area contributed by atoms with Crippen LogP contribution < -0.4 is 14.2 Å². The molecule has 0 bridgehead atoms. The first-order valence-electron chi connectivity index (χ1n) is 11.6. The molecule has 0 spiro atoms. The van der Waals surface area contributed by atoms with E-state index in [0.29, 0.717) is 36.3 Å². The highest BCUT2D eigenvalue weighted by atomic mass is 16.5. The predicted molar refractivity (Wildman–Crippen MR) is 133 cm³/mol. The topological polar surface area (TPSA) is 57.2 Å². The summed E-state index contributed by atoms with van der Waals surface area (Å²) in [6.07, 6.45) is -0.290. The Morgan fingerprint density at radius 3 is 2.03 bits per heavy atom. The molecule has 1 fully saturated rings. The first-order chi connectivity index (χ1) is 16.6. The number of hydrogen-bond donors (Lipinski definition) is 0. The molecule has 6 heteroatoms. The zero-order valence-corrected chi connectivity index (χ0v) is 20.5. The summed E-state index contributed by atoms with van der Waals surface area (Å²) in [4.78, 5) is 13.7. The van der Waals surface area contributed by atoms with Crippen LogP contribution in [-0.2, 0) is 4.74 Å². The molecule has 6 nitrogen and oxygen atoms in total. The number of carbonyl (C=O) groups is 1. The Morgan fingerprint density at radius 1 is 0.794 bits per heavy atom. The van der Waals surface area contributed by atoms with Crippen LogP contribution in [0.3, 0.4) is 0 Å². The van der Waals surface area contributed by atoms with Crippen LogP contribution in [-0.4, -0.2) is 38.3 Å². The maximum atomic E-state index is 11.9. The number of rotatable bonds is 6. The molecule has 2 atom stereocenters. The summed E-state index contributed by atoms with van der Waals surface area (Å²) in [5, 5.41) is 0. The fourth-order valence-electron chi connectivity index (χ4n) is 4.01. The smallest absolute Gasteiger partial charge is 0.409 e. The second kappa shape index (κ2) is 12.0. The standard InChI is InChI=1S/C26H27NO5.C2H6/c1-18-16-27(26(28)30-3)17-23(18)19-9-14-24(29-2)25(15-19)32-22-12-10-21(11-13-22)31-20-7-5-4-6-8-20;1-2/h4-15,18,23H,16-17H2,1-3H3;1-2H3/t18-,23+;/m0./s1. The molecular formula is C28H33NO5. The van der Waals surface area contributed by atoms with Gasteiger partial charge in [-0.25, -0.2) is 4.79 Å². The van der Waals surface area contributed by atoms with Crippen molar-refractivity contribution < 1.29 is 23.7 Å². The summed E-state index contributed by atoms with van der Waals surface area (Å²) in [6.45, 7) is 7.43. The lowest BCUT2D eigenvalue weighted by Gasteiger charge is -2.18. The van der Waals surface area contributed by atoms with E-state index in [1.165, 1.54) is 7.11 Å². The molecule has 0 aliphatic carbocycles. The molecule has 1 saturated heterocycles. The molecule has 0 radical (unpaired) electrons. The Hall–Kier alpha value is -3.67. The second-order valence-corrected chi connectivity index (χ2v) is 7.86. The third-order valence-corrected chi connectivity index (χ3v) is 5.69. The van der Waals surface area contributed by atoms with E-state index in [1.807, 2.05) is 86.6 Å². The number of carbonyl (C=O) groups excluding carboxylic acids is 1. The van der Waals surface area contributed by atoms with E-state index in [9.17, 15) is 4.79 Å². The zero-order chi connectivity index (χ0) is 24.5. The Morgan fingerprint density at radius 2 is 1.41 bits per heavy atom. The van der Waals surface area contributed by atoms with Crippen LogP contribution in [0.5, 0.6) is 28.7 Å². The van der Waals surface area contributed by atoms with E-state index in [0.717, 1.165) is 17.1 Å². The molecule has 1 amide bonds. The van der Waals surface area contributed by atoms with Gasteiger partial charge < -0.3 is 23.8 Å². The van der Waals surface area contributed by atoms with Gasteiger partial charge in [0.1, 0.15) is 17.2 Å². The minimum Gasteiger partial charge on any atom is -0.493 e. The average molecular weight is 464 g/mol. The van der Waals surface area contributed by atoms with E-state index in [2.05, 4.69) is 6.92 Å². The van der Waals surface area contributed by atoms with Gasteiger partial charge in [0.05, 0.1) is 14.2 Å². The van der Waals surface area contributed by atoms with Gasteiger partial charge in [0.15, 0.2) is 11.5 Å². The number of ether oxygens (including phenoxy) is 4. The fraction of sp³-hybridized carbons (Fsp3) is 0.321. The highest BCUT2D eigenvalue weighted by molar-refractivity contribution is 5.68. The summed E-state index contributed by atoms with van der Waals surface area (Å²) in [5.74, 6) is 3.97. The summed E-state index contributed by atoms with van der Waals surface area (Å²) in [7, 11) is 3.03. The Bertz CT molecular complexity index is 1050. The van der Waals surface area contributed by atoms with E-state index in [1.54, 1.807) is 12.0 Å². The molecule has 1 aliphatic heterocycles. The average Bonchev–Trinajstić information content (AvgIpc) is 3.28. The van der Waals surface area contributed by atoms with E-state index in [4.69, 9.17) is 18.9 Å². The molecule has 3 aromatic carbocycles. The SMILES string of the molecule is CC.COC(=O)N1C[C@H](C)[C@H](c2ccc(OC)c(Oc3ccc(Oc4ccccc4)cc3)c2)C1. The molecule has 0 N–H and O–H groups in total. The van der Waals surface area contributed by atoms with Gasteiger partial charge in [-0.15, -0.1) is 0 Å². The van der Waals surface area contributed by atoms with Crippen molar-refractivity contribution in [2.75, 3.05) is 27.3 Å². The summed E-state index contributed by atoms with van der Waals surface area (Å²) >= 11 is 0. The normalized spacial score (nSPS) is 16.8. The lowest BCUT2D eigenvalue weighted by Crippen LogP contribution is -2.28. The zero-order valence-electron chi connectivity index (χ0n) is 20.5. The largest absolute Gasteiger partial charge is 0.493 e. The quantitative estimate of drug-likeness (QED) is 0.390. The first kappa shape index (κ1) is 25.0. The van der Waals surface area contributed by atoms with Crippen LogP contribution >= 0.6 is 0 Å². The molecule has 0 unspecified atom stereocenters.